The fourth-order valence-corrected chi connectivity index (χ4v) is 3.38. The lowest BCUT2D eigenvalue weighted by atomic mass is 9.94. The van der Waals surface area contributed by atoms with Gasteiger partial charge in [-0.15, -0.1) is 0 Å². The average molecular weight is 344 g/mol. The van der Waals surface area contributed by atoms with Crippen molar-refractivity contribution in [2.45, 2.75) is 37.8 Å². The van der Waals surface area contributed by atoms with Gasteiger partial charge in [-0.05, 0) is 17.5 Å². The van der Waals surface area contributed by atoms with Gasteiger partial charge in [-0.1, -0.05) is 60.7 Å². The first-order valence-corrected chi connectivity index (χ1v) is 8.76. The van der Waals surface area contributed by atoms with Gasteiger partial charge >= 0.3 is 0 Å². The van der Waals surface area contributed by atoms with Gasteiger partial charge in [-0.25, -0.2) is 4.39 Å². The lowest BCUT2D eigenvalue weighted by Crippen LogP contribution is -2.36. The van der Waals surface area contributed by atoms with E-state index in [1.54, 1.807) is 0 Å². The normalized spacial score (nSPS) is 26.0. The van der Waals surface area contributed by atoms with Crippen molar-refractivity contribution in [1.29, 1.82) is 0 Å². The molecule has 0 spiro atoms. The van der Waals surface area contributed by atoms with Gasteiger partial charge in [0.1, 0.15) is 5.67 Å². The number of hydrogen-bond donors (Lipinski definition) is 1. The Labute approximate surface area is 148 Å². The predicted molar refractivity (Wildman–Crippen MR) is 94.8 cm³/mol. The smallest absolute Gasteiger partial charge is 0.141 e. The molecule has 2 aromatic carbocycles. The highest BCUT2D eigenvalue weighted by Gasteiger charge is 2.48. The van der Waals surface area contributed by atoms with E-state index in [1.165, 1.54) is 0 Å². The van der Waals surface area contributed by atoms with Gasteiger partial charge in [-0.3, -0.25) is 0 Å². The largest absolute Gasteiger partial charge is 0.393 e. The summed E-state index contributed by atoms with van der Waals surface area (Å²) >= 11 is 0. The van der Waals surface area contributed by atoms with Crippen molar-refractivity contribution < 1.29 is 19.0 Å². The minimum Gasteiger partial charge on any atom is -0.393 e. The maximum atomic E-state index is 15.3. The summed E-state index contributed by atoms with van der Waals surface area (Å²) in [5.74, 6) is -0.345. The van der Waals surface area contributed by atoms with Crippen molar-refractivity contribution in [3.63, 3.8) is 0 Å². The lowest BCUT2D eigenvalue weighted by molar-refractivity contribution is -0.0446. The third-order valence-corrected chi connectivity index (χ3v) is 4.75. The molecule has 1 aliphatic carbocycles. The molecule has 0 amide bonds. The Morgan fingerprint density at radius 1 is 0.920 bits per heavy atom. The molecule has 0 radical (unpaired) electrons. The van der Waals surface area contributed by atoms with Gasteiger partial charge in [0, 0.05) is 12.3 Å². The van der Waals surface area contributed by atoms with E-state index in [9.17, 15) is 5.11 Å². The zero-order valence-corrected chi connectivity index (χ0v) is 14.3. The van der Waals surface area contributed by atoms with Crippen LogP contribution >= 0.6 is 0 Å². The Balaban J connectivity index is 1.49. The highest BCUT2D eigenvalue weighted by molar-refractivity contribution is 5.14. The Morgan fingerprint density at radius 3 is 2.08 bits per heavy atom. The van der Waals surface area contributed by atoms with E-state index in [4.69, 9.17) is 9.47 Å². The number of ether oxygens (including phenoxy) is 2. The topological polar surface area (TPSA) is 38.7 Å². The molecule has 3 atom stereocenters. The molecular formula is C21H25FO3. The van der Waals surface area contributed by atoms with Gasteiger partial charge in [0.25, 0.3) is 0 Å². The van der Waals surface area contributed by atoms with Crippen molar-refractivity contribution in [3.8, 4) is 0 Å². The van der Waals surface area contributed by atoms with Crippen LogP contribution < -0.4 is 0 Å². The molecule has 25 heavy (non-hydrogen) atoms. The molecule has 0 heterocycles. The molecule has 1 aliphatic rings. The third-order valence-electron chi connectivity index (χ3n) is 4.75. The fourth-order valence-electron chi connectivity index (χ4n) is 3.38. The molecule has 0 aromatic heterocycles. The van der Waals surface area contributed by atoms with Crippen molar-refractivity contribution in [2.24, 2.45) is 5.92 Å². The molecule has 0 saturated heterocycles. The highest BCUT2D eigenvalue weighted by atomic mass is 19.1. The summed E-state index contributed by atoms with van der Waals surface area (Å²) in [6.45, 7) is 1.10. The molecule has 3 nitrogen and oxygen atoms in total. The molecule has 3 rings (SSSR count). The maximum absolute atomic E-state index is 15.3. The van der Waals surface area contributed by atoms with E-state index in [0.717, 1.165) is 11.1 Å². The van der Waals surface area contributed by atoms with Crippen LogP contribution in [0.2, 0.25) is 0 Å². The van der Waals surface area contributed by atoms with Gasteiger partial charge in [0.15, 0.2) is 0 Å². The molecule has 0 aliphatic heterocycles. The Bertz CT molecular complexity index is 634. The van der Waals surface area contributed by atoms with E-state index in [-0.39, 0.29) is 25.6 Å². The molecule has 0 bridgehead atoms. The van der Waals surface area contributed by atoms with E-state index in [0.29, 0.717) is 19.6 Å². The second kappa shape index (κ2) is 8.56. The minimum absolute atomic E-state index is 0.0156. The third kappa shape index (κ3) is 5.11. The molecule has 1 N–H and O–H groups in total. The number of aliphatic hydroxyl groups excluding tert-OH is 1. The molecule has 134 valence electrons. The summed E-state index contributed by atoms with van der Waals surface area (Å²) in [5.41, 5.74) is 0.539. The predicted octanol–water partition coefficient (Wildman–Crippen LogP) is 3.90. The van der Waals surface area contributed by atoms with E-state index < -0.39 is 11.8 Å². The van der Waals surface area contributed by atoms with E-state index in [2.05, 4.69) is 0 Å². The zero-order valence-electron chi connectivity index (χ0n) is 14.3. The standard InChI is InChI=1S/C21H25FO3/c22-21(16-25-14-18-9-5-2-6-10-18)12-20(23)11-19(21)15-24-13-17-7-3-1-4-8-17/h1-10,19-20,23H,11-16H2/t19-,20-,21+/m1/s1. The maximum Gasteiger partial charge on any atom is 0.141 e. The summed E-state index contributed by atoms with van der Waals surface area (Å²) in [6.07, 6.45) is -0.100. The van der Waals surface area contributed by atoms with Crippen LogP contribution in [-0.2, 0) is 22.7 Å². The van der Waals surface area contributed by atoms with E-state index >= 15 is 4.39 Å². The number of rotatable bonds is 8. The molecule has 4 heteroatoms. The summed E-state index contributed by atoms with van der Waals surface area (Å²) < 4.78 is 26.6. The van der Waals surface area contributed by atoms with E-state index in [1.807, 2.05) is 60.7 Å². The van der Waals surface area contributed by atoms with Crippen molar-refractivity contribution in [3.05, 3.63) is 71.8 Å². The molecular weight excluding hydrogens is 319 g/mol. The molecule has 2 aromatic rings. The van der Waals surface area contributed by atoms with Crippen LogP contribution in [0.5, 0.6) is 0 Å². The van der Waals surface area contributed by atoms with Gasteiger partial charge in [0.2, 0.25) is 0 Å². The summed E-state index contributed by atoms with van der Waals surface area (Å²) in [7, 11) is 0. The number of aliphatic hydroxyl groups is 1. The van der Waals surface area contributed by atoms with Crippen LogP contribution in [0.15, 0.2) is 60.7 Å². The van der Waals surface area contributed by atoms with Gasteiger partial charge in [-0.2, -0.15) is 0 Å². The molecule has 1 saturated carbocycles. The number of alkyl halides is 1. The Kier molecular flexibility index (Phi) is 6.19. The van der Waals surface area contributed by atoms with Crippen LogP contribution in [0.3, 0.4) is 0 Å². The van der Waals surface area contributed by atoms with Crippen LogP contribution in [0.1, 0.15) is 24.0 Å². The van der Waals surface area contributed by atoms with Crippen molar-refractivity contribution in [1.82, 2.24) is 0 Å². The lowest BCUT2D eigenvalue weighted by Gasteiger charge is -2.27. The van der Waals surface area contributed by atoms with Gasteiger partial charge in [0.05, 0.1) is 32.5 Å². The second-order valence-corrected chi connectivity index (χ2v) is 6.80. The zero-order chi connectivity index (χ0) is 17.5. The monoisotopic (exact) mass is 344 g/mol. The Hall–Kier alpha value is -1.75. The first-order chi connectivity index (χ1) is 12.2. The molecule has 0 unspecified atom stereocenters. The second-order valence-electron chi connectivity index (χ2n) is 6.80. The minimum atomic E-state index is -1.54. The van der Waals surface area contributed by atoms with Crippen LogP contribution in [0.4, 0.5) is 4.39 Å². The SMILES string of the molecule is O[C@@H]1C[C@H](COCc2ccccc2)[C@@](F)(COCc2ccccc2)C1. The molecule has 1 fully saturated rings. The number of halogens is 1. The van der Waals surface area contributed by atoms with Crippen molar-refractivity contribution in [2.75, 3.05) is 13.2 Å². The summed E-state index contributed by atoms with van der Waals surface area (Å²) in [5, 5.41) is 9.92. The Morgan fingerprint density at radius 2 is 1.48 bits per heavy atom. The number of hydrogen-bond acceptors (Lipinski definition) is 3. The highest BCUT2D eigenvalue weighted by Crippen LogP contribution is 2.40. The quantitative estimate of drug-likeness (QED) is 0.789. The van der Waals surface area contributed by atoms with Crippen LogP contribution in [0, 0.1) is 5.92 Å². The first kappa shape index (κ1) is 18.1. The van der Waals surface area contributed by atoms with Crippen molar-refractivity contribution >= 4 is 0 Å². The van der Waals surface area contributed by atoms with Gasteiger partial charge < -0.3 is 14.6 Å². The average Bonchev–Trinajstić information content (AvgIpc) is 2.90. The fraction of sp³-hybridized carbons (Fsp3) is 0.429. The summed E-state index contributed by atoms with van der Waals surface area (Å²) in [6, 6.07) is 19.5. The number of benzene rings is 2. The first-order valence-electron chi connectivity index (χ1n) is 8.76. The van der Waals surface area contributed by atoms with Crippen LogP contribution in [0.25, 0.3) is 0 Å². The summed E-state index contributed by atoms with van der Waals surface area (Å²) in [4.78, 5) is 0. The van der Waals surface area contributed by atoms with Crippen LogP contribution in [-0.4, -0.2) is 30.1 Å².